The van der Waals surface area contributed by atoms with E-state index >= 15 is 0 Å². The molecule has 0 radical (unpaired) electrons. The molecule has 1 rings (SSSR count). The van der Waals surface area contributed by atoms with E-state index in [1.165, 1.54) is 16.7 Å². The number of ether oxygens (including phenoxy) is 1. The van der Waals surface area contributed by atoms with Crippen LogP contribution in [0, 0.1) is 11.3 Å². The normalized spacial score (nSPS) is 23.5. The summed E-state index contributed by atoms with van der Waals surface area (Å²) in [7, 11) is 0. The number of aliphatic hydroxyl groups excluding tert-OH is 1. The van der Waals surface area contributed by atoms with Gasteiger partial charge in [-0.15, -0.1) is 0 Å². The SMILES string of the molecule is CCOC1CCC(C)=C(/C=C/C(C)/C=C/C/C(C)=C/CO)C1(C)C. The Morgan fingerprint density at radius 2 is 2.08 bits per heavy atom. The van der Waals surface area contributed by atoms with Crippen LogP contribution in [0.2, 0.25) is 0 Å². The second-order valence-electron chi connectivity index (χ2n) is 7.48. The third-order valence-corrected chi connectivity index (χ3v) is 4.99. The Bertz CT molecular complexity index is 506. The second kappa shape index (κ2) is 10.0. The molecule has 0 bridgehead atoms. The van der Waals surface area contributed by atoms with Crippen molar-refractivity contribution in [3.05, 3.63) is 47.1 Å². The van der Waals surface area contributed by atoms with Crippen molar-refractivity contribution in [1.29, 1.82) is 0 Å². The maximum atomic E-state index is 8.88. The van der Waals surface area contributed by atoms with Crippen LogP contribution in [0.3, 0.4) is 0 Å². The summed E-state index contributed by atoms with van der Waals surface area (Å²) in [5.41, 5.74) is 4.20. The summed E-state index contributed by atoms with van der Waals surface area (Å²) in [6.45, 7) is 14.1. The van der Waals surface area contributed by atoms with E-state index < -0.39 is 0 Å². The maximum absolute atomic E-state index is 8.88. The Morgan fingerprint density at radius 3 is 2.71 bits per heavy atom. The number of hydrogen-bond donors (Lipinski definition) is 1. The summed E-state index contributed by atoms with van der Waals surface area (Å²) in [6.07, 6.45) is 14.3. The Kier molecular flexibility index (Phi) is 8.72. The molecule has 1 N–H and O–H groups in total. The second-order valence-corrected chi connectivity index (χ2v) is 7.48. The van der Waals surface area contributed by atoms with Gasteiger partial charge in [0, 0.05) is 12.0 Å². The Morgan fingerprint density at radius 1 is 1.38 bits per heavy atom. The van der Waals surface area contributed by atoms with E-state index in [1.54, 1.807) is 0 Å². The molecule has 2 nitrogen and oxygen atoms in total. The highest BCUT2D eigenvalue weighted by Crippen LogP contribution is 2.42. The largest absolute Gasteiger partial charge is 0.392 e. The molecule has 0 heterocycles. The molecule has 1 aliphatic carbocycles. The lowest BCUT2D eigenvalue weighted by Gasteiger charge is -2.40. The number of aliphatic hydroxyl groups is 1. The van der Waals surface area contributed by atoms with Crippen molar-refractivity contribution in [2.24, 2.45) is 11.3 Å². The smallest absolute Gasteiger partial charge is 0.0669 e. The van der Waals surface area contributed by atoms with Crippen molar-refractivity contribution >= 4 is 0 Å². The molecule has 0 aromatic rings. The number of allylic oxidation sites excluding steroid dienone is 6. The first-order valence-corrected chi connectivity index (χ1v) is 9.26. The van der Waals surface area contributed by atoms with Crippen LogP contribution in [0.4, 0.5) is 0 Å². The molecule has 0 aromatic heterocycles. The van der Waals surface area contributed by atoms with E-state index in [2.05, 4.69) is 58.9 Å². The van der Waals surface area contributed by atoms with Gasteiger partial charge >= 0.3 is 0 Å². The maximum Gasteiger partial charge on any atom is 0.0669 e. The standard InChI is InChI=1S/C22H36O2/c1-7-24-21-14-12-19(4)20(22(21,5)6)13-11-17(2)9-8-10-18(3)15-16-23/h8-9,11,13,15,17,21,23H,7,10,12,14,16H2,1-6H3/b9-8+,13-11+,18-15+. The molecule has 1 aliphatic rings. The van der Waals surface area contributed by atoms with Crippen molar-refractivity contribution in [1.82, 2.24) is 0 Å². The van der Waals surface area contributed by atoms with E-state index in [0.717, 1.165) is 25.9 Å². The quantitative estimate of drug-likeness (QED) is 0.586. The van der Waals surface area contributed by atoms with Crippen molar-refractivity contribution in [2.45, 2.75) is 66.9 Å². The van der Waals surface area contributed by atoms with Gasteiger partial charge in [-0.2, -0.15) is 0 Å². The van der Waals surface area contributed by atoms with Crippen LogP contribution >= 0.6 is 0 Å². The van der Waals surface area contributed by atoms with Crippen LogP contribution < -0.4 is 0 Å². The monoisotopic (exact) mass is 332 g/mol. The molecule has 2 heteroatoms. The van der Waals surface area contributed by atoms with Crippen molar-refractivity contribution in [2.75, 3.05) is 13.2 Å². The van der Waals surface area contributed by atoms with E-state index in [9.17, 15) is 0 Å². The molecule has 136 valence electrons. The van der Waals surface area contributed by atoms with Gasteiger partial charge in [-0.3, -0.25) is 0 Å². The van der Waals surface area contributed by atoms with E-state index in [0.29, 0.717) is 12.0 Å². The summed E-state index contributed by atoms with van der Waals surface area (Å²) in [6, 6.07) is 0. The minimum Gasteiger partial charge on any atom is -0.392 e. The zero-order chi connectivity index (χ0) is 18.2. The van der Waals surface area contributed by atoms with Gasteiger partial charge in [0.15, 0.2) is 0 Å². The van der Waals surface area contributed by atoms with Crippen LogP contribution in [0.1, 0.15) is 60.8 Å². The molecule has 0 amide bonds. The third-order valence-electron chi connectivity index (χ3n) is 4.99. The van der Waals surface area contributed by atoms with Crippen LogP contribution in [0.5, 0.6) is 0 Å². The molecule has 24 heavy (non-hydrogen) atoms. The zero-order valence-corrected chi connectivity index (χ0v) is 16.4. The van der Waals surface area contributed by atoms with E-state index in [-0.39, 0.29) is 12.0 Å². The fourth-order valence-corrected chi connectivity index (χ4v) is 3.44. The summed E-state index contributed by atoms with van der Waals surface area (Å²) in [5.74, 6) is 0.399. The molecule has 0 saturated carbocycles. The number of hydrogen-bond acceptors (Lipinski definition) is 2. The van der Waals surface area contributed by atoms with Crippen molar-refractivity contribution in [3.63, 3.8) is 0 Å². The average molecular weight is 333 g/mol. The zero-order valence-electron chi connectivity index (χ0n) is 16.4. The molecule has 0 aromatic carbocycles. The molecule has 2 atom stereocenters. The predicted octanol–water partition coefficient (Wildman–Crippen LogP) is 5.61. The van der Waals surface area contributed by atoms with Crippen molar-refractivity contribution < 1.29 is 9.84 Å². The molecule has 0 aliphatic heterocycles. The number of rotatable bonds is 8. The van der Waals surface area contributed by atoms with Gasteiger partial charge in [0.1, 0.15) is 0 Å². The van der Waals surface area contributed by atoms with Gasteiger partial charge in [0.25, 0.3) is 0 Å². The summed E-state index contributed by atoms with van der Waals surface area (Å²) in [5, 5.41) is 8.88. The van der Waals surface area contributed by atoms with Gasteiger partial charge in [0.05, 0.1) is 12.7 Å². The fourth-order valence-electron chi connectivity index (χ4n) is 3.44. The summed E-state index contributed by atoms with van der Waals surface area (Å²) >= 11 is 0. The van der Waals surface area contributed by atoms with Crippen LogP contribution in [0.25, 0.3) is 0 Å². The Labute approximate surface area is 149 Å². The highest BCUT2D eigenvalue weighted by Gasteiger charge is 2.36. The first-order chi connectivity index (χ1) is 11.3. The van der Waals surface area contributed by atoms with Crippen LogP contribution in [-0.2, 0) is 4.74 Å². The van der Waals surface area contributed by atoms with E-state index in [4.69, 9.17) is 9.84 Å². The Hall–Kier alpha value is -1.12. The lowest BCUT2D eigenvalue weighted by molar-refractivity contribution is -0.0127. The third kappa shape index (κ3) is 6.07. The van der Waals surface area contributed by atoms with Crippen molar-refractivity contribution in [3.8, 4) is 0 Å². The summed E-state index contributed by atoms with van der Waals surface area (Å²) < 4.78 is 5.99. The molecule has 2 unspecified atom stereocenters. The van der Waals surface area contributed by atoms with Gasteiger partial charge in [-0.05, 0) is 51.5 Å². The predicted molar refractivity (Wildman–Crippen MR) is 104 cm³/mol. The molecule has 0 spiro atoms. The molecular weight excluding hydrogens is 296 g/mol. The highest BCUT2D eigenvalue weighted by molar-refractivity contribution is 5.35. The fraction of sp³-hybridized carbons (Fsp3) is 0.636. The van der Waals surface area contributed by atoms with Crippen LogP contribution in [-0.4, -0.2) is 24.4 Å². The highest BCUT2D eigenvalue weighted by atomic mass is 16.5. The van der Waals surface area contributed by atoms with E-state index in [1.807, 2.05) is 13.0 Å². The first-order valence-electron chi connectivity index (χ1n) is 9.26. The average Bonchev–Trinajstić information content (AvgIpc) is 2.50. The van der Waals surface area contributed by atoms with Gasteiger partial charge in [-0.25, -0.2) is 0 Å². The lowest BCUT2D eigenvalue weighted by Crippen LogP contribution is -2.37. The molecule has 0 saturated heterocycles. The summed E-state index contributed by atoms with van der Waals surface area (Å²) in [4.78, 5) is 0. The lowest BCUT2D eigenvalue weighted by atomic mass is 9.70. The minimum atomic E-state index is 0.0682. The first kappa shape index (κ1) is 20.9. The molecular formula is C22H36O2. The molecule has 0 fully saturated rings. The van der Waals surface area contributed by atoms with Gasteiger partial charge in [-0.1, -0.05) is 62.3 Å². The van der Waals surface area contributed by atoms with Gasteiger partial charge in [0.2, 0.25) is 0 Å². The topological polar surface area (TPSA) is 29.5 Å². The minimum absolute atomic E-state index is 0.0682. The Balaban J connectivity index is 2.76. The van der Waals surface area contributed by atoms with Crippen LogP contribution in [0.15, 0.2) is 47.1 Å². The van der Waals surface area contributed by atoms with Gasteiger partial charge < -0.3 is 9.84 Å².